The first-order chi connectivity index (χ1) is 10.4. The summed E-state index contributed by atoms with van der Waals surface area (Å²) in [4.78, 5) is 9.71. The predicted molar refractivity (Wildman–Crippen MR) is 93.0 cm³/mol. The van der Waals surface area contributed by atoms with Crippen molar-refractivity contribution in [2.24, 2.45) is 11.8 Å². The number of rotatable bonds is 14. The Morgan fingerprint density at radius 1 is 1.00 bits per heavy atom. The van der Waals surface area contributed by atoms with E-state index in [1.54, 1.807) is 0 Å². The average molecular weight is 336 g/mol. The summed E-state index contributed by atoms with van der Waals surface area (Å²) in [5, 5.41) is 9.07. The summed E-state index contributed by atoms with van der Waals surface area (Å²) in [6.45, 7) is 8.63. The molecule has 0 aromatic carbocycles. The summed E-state index contributed by atoms with van der Waals surface area (Å²) in [7, 11) is -3.87. The summed E-state index contributed by atoms with van der Waals surface area (Å²) in [6.07, 6.45) is 8.58. The van der Waals surface area contributed by atoms with Crippen molar-refractivity contribution < 1.29 is 19.1 Å². The van der Waals surface area contributed by atoms with Crippen LogP contribution in [0.4, 0.5) is 0 Å². The summed E-state index contributed by atoms with van der Waals surface area (Å²) in [5.41, 5.74) is 0. The second kappa shape index (κ2) is 12.5. The van der Waals surface area contributed by atoms with Gasteiger partial charge in [-0.2, -0.15) is 0 Å². The molecule has 0 aromatic rings. The Kier molecular flexibility index (Phi) is 12.6. The van der Waals surface area contributed by atoms with E-state index in [0.717, 1.165) is 44.9 Å². The average Bonchev–Trinajstić information content (AvgIpc) is 2.51. The highest BCUT2D eigenvalue weighted by Gasteiger charge is 2.30. The minimum Gasteiger partial charge on any atom is -0.384 e. The molecular weight excluding hydrogens is 299 g/mol. The van der Waals surface area contributed by atoms with Gasteiger partial charge in [-0.15, -0.1) is 0 Å². The molecule has 0 saturated carbocycles. The van der Waals surface area contributed by atoms with Crippen LogP contribution in [-0.2, 0) is 9.09 Å². The van der Waals surface area contributed by atoms with Crippen molar-refractivity contribution in [1.29, 1.82) is 0 Å². The Labute approximate surface area is 137 Å². The molecule has 5 heteroatoms. The standard InChI is InChI=1S/C17H37O4P/c1-5-9-11-15(7-3)13-17(21-22(19,20)14-18)16(8-4)12-10-6-2/h15-18H,5-14H2,1-4H3,(H,19,20). The summed E-state index contributed by atoms with van der Waals surface area (Å²) in [6, 6.07) is 0. The van der Waals surface area contributed by atoms with Gasteiger partial charge in [0, 0.05) is 0 Å². The molecule has 0 fully saturated rings. The Morgan fingerprint density at radius 3 is 2.05 bits per heavy atom. The Morgan fingerprint density at radius 2 is 1.59 bits per heavy atom. The lowest BCUT2D eigenvalue weighted by Gasteiger charge is -2.31. The summed E-state index contributed by atoms with van der Waals surface area (Å²) < 4.78 is 17.4. The molecule has 0 saturated heterocycles. The molecule has 0 aliphatic carbocycles. The second-order valence-electron chi connectivity index (χ2n) is 6.39. The lowest BCUT2D eigenvalue weighted by atomic mass is 9.85. The molecule has 0 aliphatic rings. The van der Waals surface area contributed by atoms with Gasteiger partial charge in [0.25, 0.3) is 0 Å². The Balaban J connectivity index is 4.91. The first-order valence-corrected chi connectivity index (χ1v) is 10.8. The van der Waals surface area contributed by atoms with Crippen LogP contribution in [0.25, 0.3) is 0 Å². The highest BCUT2D eigenvalue weighted by molar-refractivity contribution is 7.52. The van der Waals surface area contributed by atoms with Gasteiger partial charge in [-0.05, 0) is 24.7 Å². The number of unbranched alkanes of at least 4 members (excludes halogenated alkanes) is 2. The monoisotopic (exact) mass is 336 g/mol. The van der Waals surface area contributed by atoms with E-state index in [4.69, 9.17) is 9.63 Å². The molecule has 4 atom stereocenters. The van der Waals surface area contributed by atoms with E-state index < -0.39 is 13.9 Å². The fraction of sp³-hybridized carbons (Fsp3) is 1.00. The van der Waals surface area contributed by atoms with Crippen LogP contribution >= 0.6 is 7.60 Å². The summed E-state index contributed by atoms with van der Waals surface area (Å²) >= 11 is 0. The van der Waals surface area contributed by atoms with Gasteiger partial charge in [-0.1, -0.05) is 72.6 Å². The maximum Gasteiger partial charge on any atom is 0.353 e. The third kappa shape index (κ3) is 9.29. The second-order valence-corrected chi connectivity index (χ2v) is 8.15. The molecule has 2 N–H and O–H groups in total. The Bertz CT molecular complexity index is 309. The van der Waals surface area contributed by atoms with Gasteiger partial charge < -0.3 is 14.5 Å². The van der Waals surface area contributed by atoms with Crippen molar-refractivity contribution in [3.8, 4) is 0 Å². The zero-order chi connectivity index (χ0) is 17.0. The van der Waals surface area contributed by atoms with E-state index in [9.17, 15) is 9.46 Å². The molecule has 4 unspecified atom stereocenters. The van der Waals surface area contributed by atoms with Gasteiger partial charge in [0.05, 0.1) is 6.10 Å². The van der Waals surface area contributed by atoms with Crippen LogP contribution in [-0.4, -0.2) is 22.5 Å². The lowest BCUT2D eigenvalue weighted by molar-refractivity contribution is 0.0748. The molecule has 0 rings (SSSR count). The van der Waals surface area contributed by atoms with Crippen molar-refractivity contribution in [2.45, 2.75) is 91.6 Å². The van der Waals surface area contributed by atoms with Crippen LogP contribution < -0.4 is 0 Å². The number of hydrogen-bond acceptors (Lipinski definition) is 3. The first kappa shape index (κ1) is 22.1. The van der Waals surface area contributed by atoms with E-state index in [-0.39, 0.29) is 6.10 Å². The number of aliphatic hydroxyl groups is 1. The van der Waals surface area contributed by atoms with Crippen LogP contribution in [0.3, 0.4) is 0 Å². The van der Waals surface area contributed by atoms with Crippen molar-refractivity contribution >= 4 is 7.60 Å². The minimum atomic E-state index is -3.87. The fourth-order valence-corrected chi connectivity index (χ4v) is 3.74. The van der Waals surface area contributed by atoms with E-state index in [0.29, 0.717) is 11.8 Å². The van der Waals surface area contributed by atoms with Crippen molar-refractivity contribution in [2.75, 3.05) is 6.35 Å². The van der Waals surface area contributed by atoms with E-state index in [1.807, 2.05) is 0 Å². The summed E-state index contributed by atoms with van der Waals surface area (Å²) in [5.74, 6) is 0.821. The van der Waals surface area contributed by atoms with Crippen molar-refractivity contribution in [3.63, 3.8) is 0 Å². The third-order valence-corrected chi connectivity index (χ3v) is 5.52. The number of aliphatic hydroxyl groups excluding tert-OH is 1. The quantitative estimate of drug-likeness (QED) is 0.421. The van der Waals surface area contributed by atoms with Gasteiger partial charge in [0.2, 0.25) is 0 Å². The van der Waals surface area contributed by atoms with Gasteiger partial charge in [-0.25, -0.2) is 0 Å². The molecular formula is C17H37O4P. The molecule has 0 aliphatic heterocycles. The zero-order valence-electron chi connectivity index (χ0n) is 15.0. The Hall–Kier alpha value is 0.110. The van der Waals surface area contributed by atoms with Gasteiger partial charge in [-0.3, -0.25) is 4.57 Å². The lowest BCUT2D eigenvalue weighted by Crippen LogP contribution is -2.26. The van der Waals surface area contributed by atoms with Crippen LogP contribution in [0.1, 0.15) is 85.5 Å². The molecule has 0 spiro atoms. The van der Waals surface area contributed by atoms with E-state index >= 15 is 0 Å². The molecule has 0 heterocycles. The van der Waals surface area contributed by atoms with Crippen molar-refractivity contribution in [3.05, 3.63) is 0 Å². The normalized spacial score (nSPS) is 18.6. The highest BCUT2D eigenvalue weighted by atomic mass is 31.2. The van der Waals surface area contributed by atoms with Gasteiger partial charge in [0.1, 0.15) is 6.35 Å². The zero-order valence-corrected chi connectivity index (χ0v) is 15.9. The predicted octanol–water partition coefficient (Wildman–Crippen LogP) is 5.33. The maximum absolute atomic E-state index is 11.9. The molecule has 0 bridgehead atoms. The maximum atomic E-state index is 11.9. The van der Waals surface area contributed by atoms with Crippen LogP contribution in [0.15, 0.2) is 0 Å². The first-order valence-electron chi connectivity index (χ1n) is 9.04. The largest absolute Gasteiger partial charge is 0.384 e. The SMILES string of the molecule is CCCCC(CC)CC(OP(=O)(O)CO)C(CC)CCCC. The van der Waals surface area contributed by atoms with Gasteiger partial charge in [0.15, 0.2) is 0 Å². The molecule has 22 heavy (non-hydrogen) atoms. The number of hydrogen-bond donors (Lipinski definition) is 2. The highest BCUT2D eigenvalue weighted by Crippen LogP contribution is 2.45. The fourth-order valence-electron chi connectivity index (χ4n) is 3.00. The van der Waals surface area contributed by atoms with Gasteiger partial charge >= 0.3 is 7.60 Å². The van der Waals surface area contributed by atoms with Crippen LogP contribution in [0, 0.1) is 11.8 Å². The van der Waals surface area contributed by atoms with Crippen LogP contribution in [0.2, 0.25) is 0 Å². The van der Waals surface area contributed by atoms with Crippen molar-refractivity contribution in [1.82, 2.24) is 0 Å². The molecule has 4 nitrogen and oxygen atoms in total. The molecule has 0 aromatic heterocycles. The molecule has 0 amide bonds. The minimum absolute atomic E-state index is 0.221. The molecule has 134 valence electrons. The molecule has 0 radical (unpaired) electrons. The van der Waals surface area contributed by atoms with Crippen LogP contribution in [0.5, 0.6) is 0 Å². The third-order valence-electron chi connectivity index (χ3n) is 4.57. The van der Waals surface area contributed by atoms with E-state index in [1.165, 1.54) is 12.8 Å². The topological polar surface area (TPSA) is 66.8 Å². The smallest absolute Gasteiger partial charge is 0.353 e. The van der Waals surface area contributed by atoms with E-state index in [2.05, 4.69) is 27.7 Å².